The molecule has 1 heterocycles. The zero-order valence-electron chi connectivity index (χ0n) is 6.50. The van der Waals surface area contributed by atoms with Crippen molar-refractivity contribution in [1.82, 2.24) is 5.16 Å². The standard InChI is InChI=1S/C7H8BrNO3/c1-2-3-4-5(7(10)11)12-9-6(4)8/h2-3H2,1H3,(H,10,11). The third kappa shape index (κ3) is 1.66. The van der Waals surface area contributed by atoms with Crippen LogP contribution >= 0.6 is 15.9 Å². The summed E-state index contributed by atoms with van der Waals surface area (Å²) in [5.41, 5.74) is 0.630. The lowest BCUT2D eigenvalue weighted by Gasteiger charge is -1.93. The molecule has 0 saturated heterocycles. The predicted octanol–water partition coefficient (Wildman–Crippen LogP) is 2.09. The maximum atomic E-state index is 10.6. The van der Waals surface area contributed by atoms with E-state index in [-0.39, 0.29) is 5.76 Å². The summed E-state index contributed by atoms with van der Waals surface area (Å²) in [4.78, 5) is 10.6. The number of aromatic carboxylic acids is 1. The summed E-state index contributed by atoms with van der Waals surface area (Å²) in [6.45, 7) is 1.96. The Balaban J connectivity index is 3.03. The molecule has 0 fully saturated rings. The van der Waals surface area contributed by atoms with Crippen molar-refractivity contribution in [2.45, 2.75) is 19.8 Å². The van der Waals surface area contributed by atoms with Crippen molar-refractivity contribution in [3.63, 3.8) is 0 Å². The Bertz CT molecular complexity index is 295. The van der Waals surface area contributed by atoms with Gasteiger partial charge in [-0.1, -0.05) is 18.5 Å². The number of hydrogen-bond donors (Lipinski definition) is 1. The lowest BCUT2D eigenvalue weighted by molar-refractivity contribution is 0.0650. The molecule has 0 spiro atoms. The van der Waals surface area contributed by atoms with Gasteiger partial charge in [-0.3, -0.25) is 0 Å². The van der Waals surface area contributed by atoms with Crippen LogP contribution in [-0.2, 0) is 6.42 Å². The summed E-state index contributed by atoms with van der Waals surface area (Å²) in [6.07, 6.45) is 1.52. The van der Waals surface area contributed by atoms with Gasteiger partial charge in [0.05, 0.1) is 0 Å². The molecular formula is C7H8BrNO3. The van der Waals surface area contributed by atoms with Gasteiger partial charge in [0, 0.05) is 5.56 Å². The number of halogens is 1. The first kappa shape index (κ1) is 9.25. The van der Waals surface area contributed by atoms with E-state index in [1.807, 2.05) is 6.92 Å². The van der Waals surface area contributed by atoms with Crippen molar-refractivity contribution in [2.24, 2.45) is 0 Å². The number of aromatic nitrogens is 1. The van der Waals surface area contributed by atoms with Crippen molar-refractivity contribution in [3.8, 4) is 0 Å². The number of carboxylic acids is 1. The molecule has 0 unspecified atom stereocenters. The van der Waals surface area contributed by atoms with Gasteiger partial charge >= 0.3 is 5.97 Å². The van der Waals surface area contributed by atoms with E-state index in [1.165, 1.54) is 0 Å². The van der Waals surface area contributed by atoms with Crippen molar-refractivity contribution in [2.75, 3.05) is 0 Å². The fourth-order valence-electron chi connectivity index (χ4n) is 0.924. The minimum absolute atomic E-state index is 0.0660. The number of carbonyl (C=O) groups is 1. The van der Waals surface area contributed by atoms with Gasteiger partial charge in [0.15, 0.2) is 4.60 Å². The van der Waals surface area contributed by atoms with Crippen LogP contribution in [0.4, 0.5) is 0 Å². The lowest BCUT2D eigenvalue weighted by Crippen LogP contribution is -1.98. The van der Waals surface area contributed by atoms with E-state index in [0.29, 0.717) is 16.6 Å². The molecule has 1 N–H and O–H groups in total. The molecule has 4 nitrogen and oxygen atoms in total. The highest BCUT2D eigenvalue weighted by Crippen LogP contribution is 2.21. The quantitative estimate of drug-likeness (QED) is 0.869. The number of carboxylic acid groups (broad SMARTS) is 1. The normalized spacial score (nSPS) is 10.2. The van der Waals surface area contributed by atoms with Gasteiger partial charge in [-0.15, -0.1) is 0 Å². The highest BCUT2D eigenvalue weighted by molar-refractivity contribution is 9.10. The summed E-state index contributed by atoms with van der Waals surface area (Å²) < 4.78 is 5.10. The molecule has 0 aliphatic rings. The lowest BCUT2D eigenvalue weighted by atomic mass is 10.1. The Labute approximate surface area is 77.7 Å². The molecule has 0 aliphatic carbocycles. The van der Waals surface area contributed by atoms with Gasteiger partial charge in [-0.2, -0.15) is 0 Å². The summed E-state index contributed by atoms with van der Waals surface area (Å²) in [6, 6.07) is 0. The van der Waals surface area contributed by atoms with Gasteiger partial charge < -0.3 is 9.63 Å². The highest BCUT2D eigenvalue weighted by atomic mass is 79.9. The molecule has 0 saturated carbocycles. The van der Waals surface area contributed by atoms with Crippen molar-refractivity contribution >= 4 is 21.9 Å². The van der Waals surface area contributed by atoms with Gasteiger partial charge in [0.25, 0.3) is 0 Å². The Morgan fingerprint density at radius 1 is 1.75 bits per heavy atom. The zero-order chi connectivity index (χ0) is 9.14. The van der Waals surface area contributed by atoms with Gasteiger partial charge in [-0.25, -0.2) is 4.79 Å². The number of nitrogens with zero attached hydrogens (tertiary/aromatic N) is 1. The molecule has 12 heavy (non-hydrogen) atoms. The molecule has 5 heteroatoms. The van der Waals surface area contributed by atoms with Gasteiger partial charge in [0.1, 0.15) is 0 Å². The van der Waals surface area contributed by atoms with Crippen LogP contribution < -0.4 is 0 Å². The largest absolute Gasteiger partial charge is 0.475 e. The summed E-state index contributed by atoms with van der Waals surface area (Å²) >= 11 is 3.12. The van der Waals surface area contributed by atoms with Crippen molar-refractivity contribution in [1.29, 1.82) is 0 Å². The molecule has 0 radical (unpaired) electrons. The molecule has 0 bridgehead atoms. The second kappa shape index (κ2) is 3.71. The fraction of sp³-hybridized carbons (Fsp3) is 0.429. The molecule has 0 amide bonds. The first-order valence-electron chi connectivity index (χ1n) is 3.54. The van der Waals surface area contributed by atoms with E-state index >= 15 is 0 Å². The third-order valence-electron chi connectivity index (χ3n) is 1.43. The molecule has 0 atom stereocenters. The van der Waals surface area contributed by atoms with Crippen LogP contribution in [0.15, 0.2) is 9.13 Å². The van der Waals surface area contributed by atoms with Crippen LogP contribution in [0, 0.1) is 0 Å². The summed E-state index contributed by atoms with van der Waals surface area (Å²) in [5.74, 6) is -1.14. The third-order valence-corrected chi connectivity index (χ3v) is 2.06. The van der Waals surface area contributed by atoms with Crippen LogP contribution in [-0.4, -0.2) is 16.2 Å². The van der Waals surface area contributed by atoms with Gasteiger partial charge in [-0.05, 0) is 22.4 Å². The Hall–Kier alpha value is -0.840. The van der Waals surface area contributed by atoms with Crippen LogP contribution in [0.1, 0.15) is 29.5 Å². The first-order chi connectivity index (χ1) is 5.66. The van der Waals surface area contributed by atoms with E-state index < -0.39 is 5.97 Å². The van der Waals surface area contributed by atoms with Gasteiger partial charge in [0.2, 0.25) is 5.76 Å². The molecule has 1 rings (SSSR count). The van der Waals surface area contributed by atoms with Crippen LogP contribution in [0.3, 0.4) is 0 Å². The molecule has 1 aromatic heterocycles. The van der Waals surface area contributed by atoms with E-state index in [0.717, 1.165) is 6.42 Å². The summed E-state index contributed by atoms with van der Waals surface area (Å²) in [5, 5.41) is 12.2. The SMILES string of the molecule is CCCc1c(Br)noc1C(=O)O. The van der Waals surface area contributed by atoms with Crippen LogP contribution in [0.2, 0.25) is 0 Å². The molecule has 66 valence electrons. The van der Waals surface area contributed by atoms with E-state index in [1.54, 1.807) is 0 Å². The smallest absolute Gasteiger partial charge is 0.375 e. The van der Waals surface area contributed by atoms with E-state index in [2.05, 4.69) is 25.6 Å². The van der Waals surface area contributed by atoms with Crippen molar-refractivity contribution < 1.29 is 14.4 Å². The number of rotatable bonds is 3. The van der Waals surface area contributed by atoms with Crippen molar-refractivity contribution in [3.05, 3.63) is 15.9 Å². The Morgan fingerprint density at radius 3 is 2.92 bits per heavy atom. The molecule has 0 aromatic carbocycles. The predicted molar refractivity (Wildman–Crippen MR) is 45.2 cm³/mol. The minimum atomic E-state index is -1.07. The second-order valence-corrected chi connectivity index (χ2v) is 3.09. The van der Waals surface area contributed by atoms with E-state index in [9.17, 15) is 4.79 Å². The molecule has 1 aromatic rings. The second-order valence-electron chi connectivity index (χ2n) is 2.34. The zero-order valence-corrected chi connectivity index (χ0v) is 8.09. The van der Waals surface area contributed by atoms with Crippen LogP contribution in [0.25, 0.3) is 0 Å². The fourth-order valence-corrected chi connectivity index (χ4v) is 1.38. The minimum Gasteiger partial charge on any atom is -0.475 e. The topological polar surface area (TPSA) is 63.3 Å². The molecular weight excluding hydrogens is 226 g/mol. The Morgan fingerprint density at radius 2 is 2.42 bits per heavy atom. The maximum absolute atomic E-state index is 10.6. The number of hydrogen-bond acceptors (Lipinski definition) is 3. The summed E-state index contributed by atoms with van der Waals surface area (Å²) in [7, 11) is 0. The molecule has 0 aliphatic heterocycles. The van der Waals surface area contributed by atoms with E-state index in [4.69, 9.17) is 5.11 Å². The average Bonchev–Trinajstić information content (AvgIpc) is 2.34. The Kier molecular flexibility index (Phi) is 2.86. The first-order valence-corrected chi connectivity index (χ1v) is 4.33. The monoisotopic (exact) mass is 233 g/mol. The van der Waals surface area contributed by atoms with Crippen LogP contribution in [0.5, 0.6) is 0 Å². The highest BCUT2D eigenvalue weighted by Gasteiger charge is 2.18. The average molecular weight is 234 g/mol. The maximum Gasteiger partial charge on any atom is 0.375 e.